The quantitative estimate of drug-likeness (QED) is 0.0740. The number of aryl methyl sites for hydroxylation is 2. The van der Waals surface area contributed by atoms with Crippen molar-refractivity contribution in [2.75, 3.05) is 33.2 Å². The molecule has 1 fully saturated rings. The van der Waals surface area contributed by atoms with Crippen molar-refractivity contribution in [1.29, 1.82) is 0 Å². The number of thiophene rings is 1. The Morgan fingerprint density at radius 1 is 1.19 bits per heavy atom. The number of nitrogens with zero attached hydrogens (tertiary/aromatic N) is 5. The third-order valence-corrected chi connectivity index (χ3v) is 12.8. The topological polar surface area (TPSA) is 120 Å². The van der Waals surface area contributed by atoms with E-state index in [9.17, 15) is 9.59 Å². The number of likely N-dealkylation sites (N-methyl/N-ethyl adjacent to an activating group) is 1. The van der Waals surface area contributed by atoms with Crippen LogP contribution in [0.2, 0.25) is 0 Å². The van der Waals surface area contributed by atoms with E-state index in [1.165, 1.54) is 16.9 Å². The predicted molar refractivity (Wildman–Crippen MR) is 225 cm³/mol. The first-order chi connectivity index (χ1) is 27.7. The summed E-state index contributed by atoms with van der Waals surface area (Å²) in [5, 5.41) is 7.10. The number of amides is 2. The Hall–Kier alpha value is -5.27. The molecule has 11 nitrogen and oxygen atoms in total. The van der Waals surface area contributed by atoms with Crippen LogP contribution in [0.5, 0.6) is 5.75 Å². The Bertz CT molecular complexity index is 2320. The van der Waals surface area contributed by atoms with Crippen LogP contribution < -0.4 is 15.4 Å². The molecule has 2 amide bonds. The number of hydrogen-bond donors (Lipinski definition) is 3. The summed E-state index contributed by atoms with van der Waals surface area (Å²) in [5.74, 6) is 0.681. The zero-order chi connectivity index (χ0) is 39.8. The van der Waals surface area contributed by atoms with Gasteiger partial charge in [-0.15, -0.1) is 11.3 Å². The van der Waals surface area contributed by atoms with Crippen LogP contribution in [-0.4, -0.2) is 82.6 Å². The number of halogens is 1. The number of rotatable bonds is 15. The maximum atomic E-state index is 16.6. The van der Waals surface area contributed by atoms with Gasteiger partial charge in [-0.25, -0.2) is 9.37 Å². The van der Waals surface area contributed by atoms with Crippen LogP contribution in [0.15, 0.2) is 59.9 Å². The van der Waals surface area contributed by atoms with E-state index in [-0.39, 0.29) is 23.7 Å². The van der Waals surface area contributed by atoms with Gasteiger partial charge >= 0.3 is 0 Å². The standard InChI is InChI=1S/C44H51FN8O3S/c1-6-15-51(5)17-14-47-32(23-46-4)29-19-31(45)40-36-20-30-18-27(33-24-48-42(50-33)35-10-8-16-52(35)43(55)41(26(2)3)49-25-54)12-13-34(30)53(36)44(56-37(40)21-29)39-22-28-9-7-11-38(28)57-39/h12-13,18-26,35,41,44,47H,4,6-11,14-17H2,1-3,5H3,(H,48,50)(H,49,54)/b32-23-. The molecule has 2 aromatic carbocycles. The highest BCUT2D eigenvalue weighted by Crippen LogP contribution is 2.48. The Kier molecular flexibility index (Phi) is 11.0. The summed E-state index contributed by atoms with van der Waals surface area (Å²) < 4.78 is 25.6. The number of H-pyrrole nitrogens is 1. The fourth-order valence-corrected chi connectivity index (χ4v) is 9.99. The minimum absolute atomic E-state index is 0.0437. The van der Waals surface area contributed by atoms with Crippen molar-refractivity contribution in [3.63, 3.8) is 0 Å². The van der Waals surface area contributed by atoms with Gasteiger partial charge < -0.3 is 30.2 Å². The fraction of sp³-hybridized carbons (Fsp3) is 0.409. The van der Waals surface area contributed by atoms with E-state index in [0.29, 0.717) is 47.9 Å². The molecule has 1 saturated heterocycles. The number of imidazole rings is 1. The van der Waals surface area contributed by atoms with Crippen molar-refractivity contribution in [2.45, 2.75) is 77.6 Å². The molecule has 13 heteroatoms. The van der Waals surface area contributed by atoms with Crippen molar-refractivity contribution >= 4 is 47.0 Å². The van der Waals surface area contributed by atoms with E-state index in [4.69, 9.17) is 9.72 Å². The average molecular weight is 791 g/mol. The molecule has 3 aromatic heterocycles. The molecule has 3 atom stereocenters. The van der Waals surface area contributed by atoms with Crippen LogP contribution in [0.1, 0.15) is 85.4 Å². The van der Waals surface area contributed by atoms with Gasteiger partial charge in [0.2, 0.25) is 18.5 Å². The van der Waals surface area contributed by atoms with Gasteiger partial charge in [0.05, 0.1) is 45.3 Å². The Morgan fingerprint density at radius 3 is 2.82 bits per heavy atom. The molecule has 1 aliphatic carbocycles. The van der Waals surface area contributed by atoms with E-state index in [2.05, 4.69) is 81.1 Å². The molecule has 0 spiro atoms. The lowest BCUT2D eigenvalue weighted by atomic mass is 10.0. The van der Waals surface area contributed by atoms with Crippen LogP contribution in [0.25, 0.3) is 39.1 Å². The molecule has 57 heavy (non-hydrogen) atoms. The average Bonchev–Trinajstić information content (AvgIpc) is 4.03. The Labute approximate surface area is 337 Å². The number of nitrogens with one attached hydrogen (secondary N) is 3. The second-order valence-electron chi connectivity index (χ2n) is 15.8. The van der Waals surface area contributed by atoms with E-state index < -0.39 is 12.3 Å². The largest absolute Gasteiger partial charge is 0.464 e. The number of fused-ring (bicyclic) bond motifs is 6. The van der Waals surface area contributed by atoms with Crippen molar-refractivity contribution in [2.24, 2.45) is 10.9 Å². The van der Waals surface area contributed by atoms with Crippen molar-refractivity contribution in [3.8, 4) is 28.3 Å². The highest BCUT2D eigenvalue weighted by Gasteiger charge is 2.37. The van der Waals surface area contributed by atoms with Crippen LogP contribution in [0.3, 0.4) is 0 Å². The predicted octanol–water partition coefficient (Wildman–Crippen LogP) is 7.69. The molecule has 298 valence electrons. The molecule has 0 saturated carbocycles. The molecule has 2 aliphatic heterocycles. The zero-order valence-corrected chi connectivity index (χ0v) is 33.9. The lowest BCUT2D eigenvalue weighted by molar-refractivity contribution is -0.137. The lowest BCUT2D eigenvalue weighted by Crippen LogP contribution is -2.48. The maximum Gasteiger partial charge on any atom is 0.246 e. The zero-order valence-electron chi connectivity index (χ0n) is 33.1. The molecule has 3 N–H and O–H groups in total. The van der Waals surface area contributed by atoms with E-state index in [1.807, 2.05) is 31.0 Å². The van der Waals surface area contributed by atoms with Crippen LogP contribution >= 0.6 is 11.3 Å². The number of ether oxygens (including phenoxy) is 1. The van der Waals surface area contributed by atoms with Gasteiger partial charge in [-0.1, -0.05) is 26.8 Å². The number of aliphatic imine (C=N–C) groups is 1. The summed E-state index contributed by atoms with van der Waals surface area (Å²) in [4.78, 5) is 43.7. The van der Waals surface area contributed by atoms with Crippen molar-refractivity contribution in [3.05, 3.63) is 87.4 Å². The molecular formula is C44H51FN8O3S. The third kappa shape index (κ3) is 7.38. The van der Waals surface area contributed by atoms with Gasteiger partial charge in [-0.05, 0) is 107 Å². The van der Waals surface area contributed by atoms with E-state index >= 15 is 4.39 Å². The number of hydrogen-bond acceptors (Lipinski definition) is 8. The van der Waals surface area contributed by atoms with Gasteiger partial charge in [0.25, 0.3) is 0 Å². The Balaban J connectivity index is 1.15. The van der Waals surface area contributed by atoms with E-state index in [1.54, 1.807) is 23.6 Å². The first-order valence-electron chi connectivity index (χ1n) is 20.1. The SMILES string of the molecule is C=N/C=C(\NCCN(C)CCC)c1cc(F)c2c(c1)OC(c1cc3c(s1)CCC3)n1c-2cc2cc(-c3cnc(C4CCCN4C(=O)C(NC=O)C(C)C)[nH]3)ccc21. The van der Waals surface area contributed by atoms with Gasteiger partial charge in [-0.3, -0.25) is 19.1 Å². The number of likely N-dealkylation sites (tertiary alicyclic amines) is 1. The highest BCUT2D eigenvalue weighted by atomic mass is 32.1. The van der Waals surface area contributed by atoms with Crippen molar-refractivity contribution < 1.29 is 18.7 Å². The monoisotopic (exact) mass is 790 g/mol. The van der Waals surface area contributed by atoms with Crippen molar-refractivity contribution in [1.82, 2.24) is 35.0 Å². The second-order valence-corrected chi connectivity index (χ2v) is 16.9. The first-order valence-corrected chi connectivity index (χ1v) is 20.9. The fourth-order valence-electron chi connectivity index (χ4n) is 8.72. The highest BCUT2D eigenvalue weighted by molar-refractivity contribution is 7.12. The number of aromatic amines is 1. The van der Waals surface area contributed by atoms with Gasteiger partial charge in [-0.2, -0.15) is 0 Å². The van der Waals surface area contributed by atoms with Crippen LogP contribution in [-0.2, 0) is 22.4 Å². The summed E-state index contributed by atoms with van der Waals surface area (Å²) in [6, 6.07) is 13.2. The van der Waals surface area contributed by atoms with Crippen LogP contribution in [0.4, 0.5) is 4.39 Å². The van der Waals surface area contributed by atoms with Gasteiger partial charge in [0.15, 0.2) is 0 Å². The van der Waals surface area contributed by atoms with E-state index in [0.717, 1.165) is 77.9 Å². The summed E-state index contributed by atoms with van der Waals surface area (Å²) in [6.07, 6.45) is 9.57. The smallest absolute Gasteiger partial charge is 0.246 e. The minimum Gasteiger partial charge on any atom is -0.464 e. The molecule has 5 heterocycles. The Morgan fingerprint density at radius 2 is 2.05 bits per heavy atom. The maximum absolute atomic E-state index is 16.6. The molecule has 3 unspecified atom stereocenters. The molecule has 5 aromatic rings. The van der Waals surface area contributed by atoms with Gasteiger partial charge in [0, 0.05) is 47.2 Å². The molecule has 0 radical (unpaired) electrons. The summed E-state index contributed by atoms with van der Waals surface area (Å²) in [5.41, 5.74) is 6.56. The number of aromatic nitrogens is 3. The molecule has 3 aliphatic rings. The minimum atomic E-state index is -0.590. The summed E-state index contributed by atoms with van der Waals surface area (Å²) in [6.45, 7) is 12.8. The normalized spacial score (nSPS) is 18.1. The second kappa shape index (κ2) is 16.3. The number of carbonyl (C=O) groups excluding carboxylic acids is 2. The molecular weight excluding hydrogens is 740 g/mol. The molecule has 8 rings (SSSR count). The number of carbonyl (C=O) groups is 2. The molecule has 0 bridgehead atoms. The lowest BCUT2D eigenvalue weighted by Gasteiger charge is -2.30. The summed E-state index contributed by atoms with van der Waals surface area (Å²) in [7, 11) is 2.09. The third-order valence-electron chi connectivity index (χ3n) is 11.5. The summed E-state index contributed by atoms with van der Waals surface area (Å²) >= 11 is 1.79. The van der Waals surface area contributed by atoms with Crippen LogP contribution in [0, 0.1) is 11.7 Å². The number of benzene rings is 2. The first kappa shape index (κ1) is 38.6. The van der Waals surface area contributed by atoms with Gasteiger partial charge in [0.1, 0.15) is 23.4 Å².